The molecule has 2 N–H and O–H groups in total. The van der Waals surface area contributed by atoms with Crippen LogP contribution < -0.4 is 5.32 Å². The number of benzene rings is 2. The second-order valence-electron chi connectivity index (χ2n) is 11.5. The Morgan fingerprint density at radius 1 is 1.11 bits per heavy atom. The van der Waals surface area contributed by atoms with Gasteiger partial charge in [0.2, 0.25) is 0 Å². The Kier molecular flexibility index (Phi) is 6.55. The Morgan fingerprint density at radius 2 is 1.78 bits per heavy atom. The van der Waals surface area contributed by atoms with Crippen LogP contribution in [0.15, 0.2) is 48.5 Å². The number of aryl methyl sites for hydroxylation is 1. The van der Waals surface area contributed by atoms with Gasteiger partial charge in [-0.25, -0.2) is 4.79 Å². The van der Waals surface area contributed by atoms with Gasteiger partial charge < -0.3 is 14.6 Å². The summed E-state index contributed by atoms with van der Waals surface area (Å²) in [7, 11) is 2.13. The number of piperidine rings is 1. The predicted molar refractivity (Wildman–Crippen MR) is 138 cm³/mol. The van der Waals surface area contributed by atoms with Gasteiger partial charge in [-0.1, -0.05) is 57.2 Å². The number of epoxide rings is 1. The van der Waals surface area contributed by atoms with Crippen LogP contribution in [-0.4, -0.2) is 59.5 Å². The Labute approximate surface area is 212 Å². The SMILES string of the molecule is CN1[C@@H]2C[C@@H](OC(=O)Nc3ccc(CCC(C(=O)O)C(C)(C)C)cc3-c3ccccc3)C[C@H]1[C@@H]1O[C@@H]12. The number of likely N-dealkylation sites (N-methyl/N-ethyl adjacent to an activating group) is 1. The van der Waals surface area contributed by atoms with E-state index in [9.17, 15) is 14.7 Å². The fraction of sp³-hybridized carbons (Fsp3) is 0.517. The maximum Gasteiger partial charge on any atom is 0.411 e. The number of hydrogen-bond donors (Lipinski definition) is 2. The molecule has 3 heterocycles. The van der Waals surface area contributed by atoms with Crippen LogP contribution in [0.1, 0.15) is 45.6 Å². The van der Waals surface area contributed by atoms with Gasteiger partial charge in [-0.15, -0.1) is 0 Å². The van der Waals surface area contributed by atoms with Gasteiger partial charge in [0.25, 0.3) is 0 Å². The number of aliphatic carboxylic acids is 1. The van der Waals surface area contributed by atoms with Crippen LogP contribution in [0.25, 0.3) is 11.1 Å². The molecule has 3 aliphatic rings. The summed E-state index contributed by atoms with van der Waals surface area (Å²) >= 11 is 0. The van der Waals surface area contributed by atoms with Crippen molar-refractivity contribution in [1.82, 2.24) is 4.90 Å². The van der Waals surface area contributed by atoms with Crippen molar-refractivity contribution in [2.45, 2.75) is 76.9 Å². The molecule has 0 spiro atoms. The van der Waals surface area contributed by atoms with Gasteiger partial charge in [-0.2, -0.15) is 0 Å². The molecule has 0 aromatic heterocycles. The molecule has 3 aliphatic heterocycles. The Balaban J connectivity index is 1.29. The van der Waals surface area contributed by atoms with Gasteiger partial charge in [-0.05, 0) is 48.6 Å². The molecule has 192 valence electrons. The first-order valence-electron chi connectivity index (χ1n) is 12.9. The van der Waals surface area contributed by atoms with E-state index in [1.54, 1.807) is 0 Å². The quantitative estimate of drug-likeness (QED) is 0.517. The molecule has 7 heteroatoms. The number of carbonyl (C=O) groups excluding carboxylic acids is 1. The van der Waals surface area contributed by atoms with Crippen molar-refractivity contribution in [3.63, 3.8) is 0 Å². The smallest absolute Gasteiger partial charge is 0.411 e. The lowest BCUT2D eigenvalue weighted by Gasteiger charge is -2.37. The van der Waals surface area contributed by atoms with E-state index < -0.39 is 18.0 Å². The van der Waals surface area contributed by atoms with Gasteiger partial charge in [0.05, 0.1) is 11.6 Å². The second kappa shape index (κ2) is 9.52. The van der Waals surface area contributed by atoms with E-state index in [4.69, 9.17) is 9.47 Å². The Hall–Kier alpha value is -2.90. The highest BCUT2D eigenvalue weighted by atomic mass is 16.6. The minimum absolute atomic E-state index is 0.114. The number of fused-ring (bicyclic) bond motifs is 5. The van der Waals surface area contributed by atoms with Gasteiger partial charge >= 0.3 is 12.1 Å². The standard InChI is InChI=1S/C29H36N2O5/c1-29(2,3)21(27(32)33)12-10-17-11-13-22(20(14-17)18-8-6-5-7-9-18)30-28(34)35-19-15-23-25-26(36-25)24(16-19)31(23)4/h5-9,11,13-14,19,21,23-26H,10,12,15-16H2,1-4H3,(H,30,34)(H,32,33)/t19-,21?,23-,24+,25-,26+. The van der Waals surface area contributed by atoms with Crippen molar-refractivity contribution in [3.05, 3.63) is 54.1 Å². The summed E-state index contributed by atoms with van der Waals surface area (Å²) in [5.41, 5.74) is 3.27. The van der Waals surface area contributed by atoms with E-state index in [1.165, 1.54) is 0 Å². The number of nitrogens with one attached hydrogen (secondary N) is 1. The van der Waals surface area contributed by atoms with Crippen LogP contribution in [0, 0.1) is 11.3 Å². The minimum Gasteiger partial charge on any atom is -0.481 e. The van der Waals surface area contributed by atoms with Crippen molar-refractivity contribution < 1.29 is 24.2 Å². The fourth-order valence-corrected chi connectivity index (χ4v) is 6.04. The number of anilines is 1. The number of morpholine rings is 1. The highest BCUT2D eigenvalue weighted by molar-refractivity contribution is 5.91. The second-order valence-corrected chi connectivity index (χ2v) is 11.5. The third-order valence-corrected chi connectivity index (χ3v) is 8.12. The van der Waals surface area contributed by atoms with Crippen molar-refractivity contribution >= 4 is 17.7 Å². The zero-order valence-corrected chi connectivity index (χ0v) is 21.4. The summed E-state index contributed by atoms with van der Waals surface area (Å²) in [6, 6.07) is 16.5. The molecular weight excluding hydrogens is 456 g/mol. The van der Waals surface area contributed by atoms with Gasteiger partial charge in [0.1, 0.15) is 18.3 Å². The van der Waals surface area contributed by atoms with E-state index in [0.29, 0.717) is 42.8 Å². The number of rotatable bonds is 7. The lowest BCUT2D eigenvalue weighted by atomic mass is 9.77. The van der Waals surface area contributed by atoms with E-state index in [2.05, 4.69) is 17.3 Å². The number of nitrogens with zero attached hydrogens (tertiary/aromatic N) is 1. The Bertz CT molecular complexity index is 1110. The van der Waals surface area contributed by atoms with E-state index in [-0.39, 0.29) is 11.5 Å². The normalized spacial score (nSPS) is 27.7. The molecule has 1 unspecified atom stereocenters. The molecule has 2 bridgehead atoms. The first-order chi connectivity index (χ1) is 17.1. The molecule has 7 nitrogen and oxygen atoms in total. The third kappa shape index (κ3) is 5.00. The van der Waals surface area contributed by atoms with Crippen molar-refractivity contribution in [2.75, 3.05) is 12.4 Å². The third-order valence-electron chi connectivity index (χ3n) is 8.12. The number of hydrogen-bond acceptors (Lipinski definition) is 5. The lowest BCUT2D eigenvalue weighted by molar-refractivity contribution is -0.145. The molecule has 2 aromatic carbocycles. The van der Waals surface area contributed by atoms with Crippen LogP contribution in [0.3, 0.4) is 0 Å². The molecule has 36 heavy (non-hydrogen) atoms. The van der Waals surface area contributed by atoms with Gasteiger partial charge in [0.15, 0.2) is 0 Å². The average Bonchev–Trinajstić information content (AvgIpc) is 3.58. The van der Waals surface area contributed by atoms with Gasteiger partial charge in [0, 0.05) is 30.5 Å². The van der Waals surface area contributed by atoms with Crippen molar-refractivity contribution in [2.24, 2.45) is 11.3 Å². The predicted octanol–water partition coefficient (Wildman–Crippen LogP) is 5.19. The summed E-state index contributed by atoms with van der Waals surface area (Å²) in [6.45, 7) is 5.89. The summed E-state index contributed by atoms with van der Waals surface area (Å²) in [5, 5.41) is 12.7. The monoisotopic (exact) mass is 492 g/mol. The molecule has 3 saturated heterocycles. The van der Waals surface area contributed by atoms with Crippen LogP contribution in [0.4, 0.5) is 10.5 Å². The largest absolute Gasteiger partial charge is 0.481 e. The molecule has 0 aliphatic carbocycles. The summed E-state index contributed by atoms with van der Waals surface area (Å²) in [4.78, 5) is 27.1. The van der Waals surface area contributed by atoms with Crippen molar-refractivity contribution in [3.8, 4) is 11.1 Å². The fourth-order valence-electron chi connectivity index (χ4n) is 6.04. The summed E-state index contributed by atoms with van der Waals surface area (Å²) in [6.07, 6.45) is 2.82. The average molecular weight is 493 g/mol. The molecule has 2 aromatic rings. The molecule has 6 atom stereocenters. The molecule has 0 radical (unpaired) electrons. The zero-order chi connectivity index (χ0) is 25.6. The van der Waals surface area contributed by atoms with E-state index in [1.807, 2.05) is 69.3 Å². The number of ether oxygens (including phenoxy) is 2. The van der Waals surface area contributed by atoms with Crippen molar-refractivity contribution in [1.29, 1.82) is 0 Å². The zero-order valence-electron chi connectivity index (χ0n) is 21.4. The number of carboxylic acids is 1. The highest BCUT2D eigenvalue weighted by Crippen LogP contribution is 2.48. The molecular formula is C29H36N2O5. The topological polar surface area (TPSA) is 91.4 Å². The molecule has 5 rings (SSSR count). The number of carboxylic acid groups (broad SMARTS) is 1. The lowest BCUT2D eigenvalue weighted by Crippen LogP contribution is -2.48. The summed E-state index contributed by atoms with van der Waals surface area (Å²) in [5.74, 6) is -1.20. The first-order valence-corrected chi connectivity index (χ1v) is 12.9. The van der Waals surface area contributed by atoms with Crippen LogP contribution >= 0.6 is 0 Å². The maximum atomic E-state index is 12.9. The van der Waals surface area contributed by atoms with Crippen LogP contribution in [0.2, 0.25) is 0 Å². The number of amides is 1. The molecule has 3 fully saturated rings. The molecule has 1 amide bonds. The molecule has 0 saturated carbocycles. The van der Waals surface area contributed by atoms with E-state index >= 15 is 0 Å². The highest BCUT2D eigenvalue weighted by Gasteiger charge is 2.62. The first kappa shape index (κ1) is 24.8. The summed E-state index contributed by atoms with van der Waals surface area (Å²) < 4.78 is 11.6. The Morgan fingerprint density at radius 3 is 2.39 bits per heavy atom. The minimum atomic E-state index is -0.766. The maximum absolute atomic E-state index is 12.9. The van der Waals surface area contributed by atoms with E-state index in [0.717, 1.165) is 29.5 Å². The van der Waals surface area contributed by atoms with Crippen LogP contribution in [-0.2, 0) is 20.7 Å². The number of carbonyl (C=O) groups is 2. The van der Waals surface area contributed by atoms with Crippen LogP contribution in [0.5, 0.6) is 0 Å². The van der Waals surface area contributed by atoms with Gasteiger partial charge in [-0.3, -0.25) is 15.0 Å².